The molecule has 2 aromatic rings. The van der Waals surface area contributed by atoms with Gasteiger partial charge in [0, 0.05) is 6.54 Å². The van der Waals surface area contributed by atoms with Crippen LogP contribution in [0.5, 0.6) is 0 Å². The van der Waals surface area contributed by atoms with Gasteiger partial charge in [0.2, 0.25) is 0 Å². The van der Waals surface area contributed by atoms with E-state index in [9.17, 15) is 4.79 Å². The van der Waals surface area contributed by atoms with Crippen LogP contribution in [-0.2, 0) is 16.0 Å². The van der Waals surface area contributed by atoms with Crippen LogP contribution >= 0.6 is 0 Å². The maximum absolute atomic E-state index is 12.1. The molecule has 1 unspecified atom stereocenters. The van der Waals surface area contributed by atoms with Crippen molar-refractivity contribution in [1.29, 1.82) is 0 Å². The van der Waals surface area contributed by atoms with Crippen molar-refractivity contribution in [3.63, 3.8) is 0 Å². The number of nitrogens with one attached hydrogen (secondary N) is 1. The Balaban J connectivity index is 1.98. The van der Waals surface area contributed by atoms with Crippen LogP contribution in [0.2, 0.25) is 0 Å². The van der Waals surface area contributed by atoms with Crippen molar-refractivity contribution < 1.29 is 9.53 Å². The molecule has 0 aromatic heterocycles. The average molecular weight is 283 g/mol. The summed E-state index contributed by atoms with van der Waals surface area (Å²) in [6.07, 6.45) is 0.879. The molecule has 3 heteroatoms. The summed E-state index contributed by atoms with van der Waals surface area (Å²) in [5.74, 6) is -0.225. The fraction of sp³-hybridized carbons (Fsp3) is 0.278. The molecule has 0 saturated heterocycles. The van der Waals surface area contributed by atoms with Gasteiger partial charge in [-0.05, 0) is 24.5 Å². The highest BCUT2D eigenvalue weighted by Gasteiger charge is 2.20. The normalized spacial score (nSPS) is 11.9. The first-order valence-corrected chi connectivity index (χ1v) is 7.30. The monoisotopic (exact) mass is 283 g/mol. The van der Waals surface area contributed by atoms with E-state index in [0.717, 1.165) is 18.5 Å². The number of carbonyl (C=O) groups excluding carboxylic acids is 1. The average Bonchev–Trinajstić information content (AvgIpc) is 2.53. The highest BCUT2D eigenvalue weighted by molar-refractivity contribution is 5.77. The van der Waals surface area contributed by atoms with E-state index in [-0.39, 0.29) is 5.97 Å². The molecule has 0 aliphatic rings. The molecule has 0 amide bonds. The molecule has 0 spiro atoms. The molecule has 21 heavy (non-hydrogen) atoms. The highest BCUT2D eigenvalue weighted by atomic mass is 16.5. The van der Waals surface area contributed by atoms with E-state index in [2.05, 4.69) is 17.4 Å². The largest absolute Gasteiger partial charge is 0.465 e. The second kappa shape index (κ2) is 8.22. The van der Waals surface area contributed by atoms with E-state index in [1.54, 1.807) is 0 Å². The zero-order valence-electron chi connectivity index (χ0n) is 12.3. The first-order valence-electron chi connectivity index (χ1n) is 7.30. The van der Waals surface area contributed by atoms with Gasteiger partial charge in [-0.3, -0.25) is 0 Å². The maximum Gasteiger partial charge on any atom is 0.327 e. The molecule has 2 rings (SSSR count). The van der Waals surface area contributed by atoms with Gasteiger partial charge in [-0.2, -0.15) is 0 Å². The minimum Gasteiger partial charge on any atom is -0.465 e. The molecule has 0 saturated carbocycles. The van der Waals surface area contributed by atoms with Gasteiger partial charge in [-0.1, -0.05) is 60.7 Å². The molecule has 0 heterocycles. The summed E-state index contributed by atoms with van der Waals surface area (Å²) in [5, 5.41) is 3.29. The topological polar surface area (TPSA) is 38.3 Å². The van der Waals surface area contributed by atoms with Gasteiger partial charge >= 0.3 is 5.97 Å². The van der Waals surface area contributed by atoms with Crippen molar-refractivity contribution in [1.82, 2.24) is 5.32 Å². The van der Waals surface area contributed by atoms with Crippen LogP contribution in [0.15, 0.2) is 60.7 Å². The number of benzene rings is 2. The molecule has 0 aliphatic carbocycles. The Kier molecular flexibility index (Phi) is 5.98. The van der Waals surface area contributed by atoms with Gasteiger partial charge in [-0.25, -0.2) is 4.79 Å². The summed E-state index contributed by atoms with van der Waals surface area (Å²) in [6, 6.07) is 19.5. The minimum atomic E-state index is -0.408. The zero-order chi connectivity index (χ0) is 14.9. The van der Waals surface area contributed by atoms with Crippen LogP contribution in [0.25, 0.3) is 0 Å². The number of hydrogen-bond donors (Lipinski definition) is 1. The van der Waals surface area contributed by atoms with Gasteiger partial charge < -0.3 is 10.1 Å². The lowest BCUT2D eigenvalue weighted by Gasteiger charge is -2.17. The summed E-state index contributed by atoms with van der Waals surface area (Å²) in [6.45, 7) is 2.94. The standard InChI is InChI=1S/C18H21NO2/c1-2-21-18(20)17(16-11-7-4-8-12-16)19-14-13-15-9-5-3-6-10-15/h3-12,17,19H,2,13-14H2,1H3. The molecule has 2 aromatic carbocycles. The number of carbonyl (C=O) groups is 1. The molecule has 0 fully saturated rings. The van der Waals surface area contributed by atoms with E-state index in [1.165, 1.54) is 5.56 Å². The molecule has 0 aliphatic heterocycles. The molecule has 0 radical (unpaired) electrons. The lowest BCUT2D eigenvalue weighted by Crippen LogP contribution is -2.31. The summed E-state index contributed by atoms with van der Waals surface area (Å²) in [5.41, 5.74) is 2.18. The number of rotatable bonds is 7. The van der Waals surface area contributed by atoms with Crippen molar-refractivity contribution in [2.24, 2.45) is 0 Å². The summed E-state index contributed by atoms with van der Waals surface area (Å²) in [7, 11) is 0. The Labute approximate surface area is 126 Å². The van der Waals surface area contributed by atoms with Crippen LogP contribution in [0.1, 0.15) is 24.1 Å². The van der Waals surface area contributed by atoms with Gasteiger partial charge in [0.15, 0.2) is 0 Å². The Morgan fingerprint density at radius 1 is 1.05 bits per heavy atom. The van der Waals surface area contributed by atoms with Crippen LogP contribution in [-0.4, -0.2) is 19.1 Å². The number of hydrogen-bond acceptors (Lipinski definition) is 3. The maximum atomic E-state index is 12.1. The predicted molar refractivity (Wildman–Crippen MR) is 84.0 cm³/mol. The van der Waals surface area contributed by atoms with Crippen molar-refractivity contribution in [2.75, 3.05) is 13.2 Å². The first-order chi connectivity index (χ1) is 10.3. The summed E-state index contributed by atoms with van der Waals surface area (Å²) >= 11 is 0. The molecule has 1 N–H and O–H groups in total. The van der Waals surface area contributed by atoms with Crippen molar-refractivity contribution in [3.05, 3.63) is 71.8 Å². The Morgan fingerprint density at radius 3 is 2.29 bits per heavy atom. The quantitative estimate of drug-likeness (QED) is 0.793. The molecular formula is C18H21NO2. The van der Waals surface area contributed by atoms with E-state index in [1.807, 2.05) is 55.5 Å². The van der Waals surface area contributed by atoms with Crippen molar-refractivity contribution >= 4 is 5.97 Å². The van der Waals surface area contributed by atoms with Gasteiger partial charge in [0.05, 0.1) is 6.61 Å². The van der Waals surface area contributed by atoms with Crippen LogP contribution in [0.4, 0.5) is 0 Å². The Hall–Kier alpha value is -2.13. The number of ether oxygens (including phenoxy) is 1. The second-order valence-electron chi connectivity index (χ2n) is 4.79. The number of esters is 1. The third-order valence-corrected chi connectivity index (χ3v) is 3.26. The van der Waals surface area contributed by atoms with E-state index in [4.69, 9.17) is 4.74 Å². The fourth-order valence-electron chi connectivity index (χ4n) is 2.21. The molecule has 1 atom stereocenters. The molecular weight excluding hydrogens is 262 g/mol. The van der Waals surface area contributed by atoms with Crippen LogP contribution in [0.3, 0.4) is 0 Å². The summed E-state index contributed by atoms with van der Waals surface area (Å²) < 4.78 is 5.16. The second-order valence-corrected chi connectivity index (χ2v) is 4.79. The van der Waals surface area contributed by atoms with E-state index in [0.29, 0.717) is 6.61 Å². The van der Waals surface area contributed by atoms with Gasteiger partial charge in [0.25, 0.3) is 0 Å². The molecule has 0 bridgehead atoms. The minimum absolute atomic E-state index is 0.225. The van der Waals surface area contributed by atoms with E-state index < -0.39 is 6.04 Å². The Bertz CT molecular complexity index is 540. The SMILES string of the molecule is CCOC(=O)C(NCCc1ccccc1)c1ccccc1. The van der Waals surface area contributed by atoms with Crippen molar-refractivity contribution in [3.8, 4) is 0 Å². The third kappa shape index (κ3) is 4.72. The first kappa shape index (κ1) is 15.3. The molecule has 110 valence electrons. The third-order valence-electron chi connectivity index (χ3n) is 3.26. The van der Waals surface area contributed by atoms with E-state index >= 15 is 0 Å². The lowest BCUT2D eigenvalue weighted by molar-refractivity contribution is -0.145. The van der Waals surface area contributed by atoms with Crippen LogP contribution < -0.4 is 5.32 Å². The zero-order valence-corrected chi connectivity index (χ0v) is 12.3. The van der Waals surface area contributed by atoms with Crippen LogP contribution in [0, 0.1) is 0 Å². The fourth-order valence-corrected chi connectivity index (χ4v) is 2.21. The predicted octanol–water partition coefficient (Wildman–Crippen LogP) is 3.12. The summed E-state index contributed by atoms with van der Waals surface area (Å²) in [4.78, 5) is 12.1. The smallest absolute Gasteiger partial charge is 0.327 e. The highest BCUT2D eigenvalue weighted by Crippen LogP contribution is 2.14. The van der Waals surface area contributed by atoms with Gasteiger partial charge in [0.1, 0.15) is 6.04 Å². The molecule has 3 nitrogen and oxygen atoms in total. The lowest BCUT2D eigenvalue weighted by atomic mass is 10.1. The Morgan fingerprint density at radius 2 is 1.67 bits per heavy atom. The van der Waals surface area contributed by atoms with Gasteiger partial charge in [-0.15, -0.1) is 0 Å². The van der Waals surface area contributed by atoms with Crippen molar-refractivity contribution in [2.45, 2.75) is 19.4 Å².